The summed E-state index contributed by atoms with van der Waals surface area (Å²) in [7, 11) is 0. The van der Waals surface area contributed by atoms with Crippen molar-refractivity contribution in [3.8, 4) is 0 Å². The highest BCUT2D eigenvalue weighted by atomic mass is 16.2. The van der Waals surface area contributed by atoms with Gasteiger partial charge >= 0.3 is 0 Å². The number of para-hydroxylation sites is 1. The largest absolute Gasteiger partial charge is 0.381 e. The molecule has 98 valence electrons. The van der Waals surface area contributed by atoms with E-state index in [-0.39, 0.29) is 0 Å². The molecule has 3 nitrogen and oxygen atoms in total. The lowest BCUT2D eigenvalue weighted by Crippen LogP contribution is -2.45. The minimum Gasteiger partial charge on any atom is -0.381 e. The number of hydrogen-bond donors (Lipinski definition) is 1. The second-order valence-corrected chi connectivity index (χ2v) is 4.94. The van der Waals surface area contributed by atoms with Crippen LogP contribution in [0.3, 0.4) is 0 Å². The fourth-order valence-electron chi connectivity index (χ4n) is 2.46. The second-order valence-electron chi connectivity index (χ2n) is 4.94. The van der Waals surface area contributed by atoms with Crippen LogP contribution in [0.2, 0.25) is 0 Å². The van der Waals surface area contributed by atoms with Crippen LogP contribution in [0.4, 0.5) is 5.69 Å². The average Bonchev–Trinajstić information content (AvgIpc) is 2.40. The second kappa shape index (κ2) is 6.43. The minimum atomic E-state index is 0.303. The highest BCUT2D eigenvalue weighted by Gasteiger charge is 2.22. The van der Waals surface area contributed by atoms with Gasteiger partial charge in [0.1, 0.15) is 0 Å². The molecule has 0 saturated carbocycles. The molecule has 0 unspecified atom stereocenters. The summed E-state index contributed by atoms with van der Waals surface area (Å²) in [4.78, 5) is 13.9. The van der Waals surface area contributed by atoms with Crippen molar-refractivity contribution in [2.75, 3.05) is 18.4 Å². The number of anilines is 1. The van der Waals surface area contributed by atoms with Crippen molar-refractivity contribution in [1.29, 1.82) is 0 Å². The molecule has 1 N–H and O–H groups in total. The lowest BCUT2D eigenvalue weighted by Gasteiger charge is -2.33. The molecule has 18 heavy (non-hydrogen) atoms. The molecule has 1 heterocycles. The predicted molar refractivity (Wildman–Crippen MR) is 74.6 cm³/mol. The Labute approximate surface area is 109 Å². The van der Waals surface area contributed by atoms with E-state index in [1.54, 1.807) is 0 Å². The first-order chi connectivity index (χ1) is 8.79. The lowest BCUT2D eigenvalue weighted by molar-refractivity contribution is -0.132. The van der Waals surface area contributed by atoms with E-state index in [1.165, 1.54) is 0 Å². The SMILES string of the molecule is CCCC(=O)N1CCC[C@H](Nc2ccccc2)C1. The molecule has 3 heteroatoms. The normalized spacial score (nSPS) is 19.6. The third-order valence-electron chi connectivity index (χ3n) is 3.38. The fourth-order valence-corrected chi connectivity index (χ4v) is 2.46. The summed E-state index contributed by atoms with van der Waals surface area (Å²) in [6.45, 7) is 3.82. The van der Waals surface area contributed by atoms with E-state index in [9.17, 15) is 4.79 Å². The molecule has 1 saturated heterocycles. The number of carbonyl (C=O) groups excluding carboxylic acids is 1. The molecule has 1 aromatic rings. The van der Waals surface area contributed by atoms with Crippen molar-refractivity contribution >= 4 is 11.6 Å². The van der Waals surface area contributed by atoms with E-state index in [4.69, 9.17) is 0 Å². The molecule has 0 aliphatic carbocycles. The van der Waals surface area contributed by atoms with Gasteiger partial charge in [-0.15, -0.1) is 0 Å². The number of rotatable bonds is 4. The van der Waals surface area contributed by atoms with Gasteiger partial charge in [-0.25, -0.2) is 0 Å². The van der Waals surface area contributed by atoms with Gasteiger partial charge in [0.15, 0.2) is 0 Å². The minimum absolute atomic E-state index is 0.303. The molecule has 1 aromatic carbocycles. The van der Waals surface area contributed by atoms with Crippen LogP contribution in [-0.2, 0) is 4.79 Å². The zero-order valence-corrected chi connectivity index (χ0v) is 11.1. The molecule has 0 spiro atoms. The molecule has 1 fully saturated rings. The highest BCUT2D eigenvalue weighted by Crippen LogP contribution is 2.16. The molecular formula is C15H22N2O. The number of piperidine rings is 1. The van der Waals surface area contributed by atoms with Crippen molar-refractivity contribution in [1.82, 2.24) is 4.90 Å². The maximum atomic E-state index is 11.9. The van der Waals surface area contributed by atoms with E-state index in [2.05, 4.69) is 24.4 Å². The van der Waals surface area contributed by atoms with Crippen LogP contribution in [0.15, 0.2) is 30.3 Å². The van der Waals surface area contributed by atoms with Crippen molar-refractivity contribution < 1.29 is 4.79 Å². The van der Waals surface area contributed by atoms with E-state index in [0.29, 0.717) is 18.4 Å². The summed E-state index contributed by atoms with van der Waals surface area (Å²) in [6.07, 6.45) is 3.86. The van der Waals surface area contributed by atoms with Gasteiger partial charge in [-0.1, -0.05) is 25.1 Å². The Bertz CT molecular complexity index is 377. The number of nitrogens with one attached hydrogen (secondary N) is 1. The van der Waals surface area contributed by atoms with Gasteiger partial charge in [-0.3, -0.25) is 4.79 Å². The van der Waals surface area contributed by atoms with E-state index >= 15 is 0 Å². The molecule has 1 atom stereocenters. The van der Waals surface area contributed by atoms with Crippen LogP contribution < -0.4 is 5.32 Å². The monoisotopic (exact) mass is 246 g/mol. The van der Waals surface area contributed by atoms with Crippen LogP contribution in [0.5, 0.6) is 0 Å². The molecule has 1 aliphatic heterocycles. The van der Waals surface area contributed by atoms with E-state index in [0.717, 1.165) is 38.0 Å². The molecule has 0 radical (unpaired) electrons. The van der Waals surface area contributed by atoms with Gasteiger partial charge in [0, 0.05) is 31.2 Å². The predicted octanol–water partition coefficient (Wildman–Crippen LogP) is 2.89. The maximum absolute atomic E-state index is 11.9. The lowest BCUT2D eigenvalue weighted by atomic mass is 10.0. The summed E-state index contributed by atoms with van der Waals surface area (Å²) < 4.78 is 0. The molecule has 0 aromatic heterocycles. The van der Waals surface area contributed by atoms with Gasteiger partial charge in [0.2, 0.25) is 5.91 Å². The first-order valence-corrected chi connectivity index (χ1v) is 6.89. The number of benzene rings is 1. The topological polar surface area (TPSA) is 32.3 Å². The number of hydrogen-bond acceptors (Lipinski definition) is 2. The van der Waals surface area contributed by atoms with Crippen molar-refractivity contribution in [2.45, 2.75) is 38.6 Å². The smallest absolute Gasteiger partial charge is 0.222 e. The molecule has 2 rings (SSSR count). The maximum Gasteiger partial charge on any atom is 0.222 e. The zero-order valence-electron chi connectivity index (χ0n) is 11.1. The van der Waals surface area contributed by atoms with Crippen LogP contribution >= 0.6 is 0 Å². The van der Waals surface area contributed by atoms with Gasteiger partial charge in [0.25, 0.3) is 0 Å². The van der Waals surface area contributed by atoms with Crippen molar-refractivity contribution in [3.05, 3.63) is 30.3 Å². The van der Waals surface area contributed by atoms with Crippen LogP contribution in [0.1, 0.15) is 32.6 Å². The molecular weight excluding hydrogens is 224 g/mol. The quantitative estimate of drug-likeness (QED) is 0.886. The number of amides is 1. The number of carbonyl (C=O) groups is 1. The summed E-state index contributed by atoms with van der Waals surface area (Å²) >= 11 is 0. The Morgan fingerprint density at radius 3 is 2.89 bits per heavy atom. The Morgan fingerprint density at radius 1 is 1.39 bits per heavy atom. The van der Waals surface area contributed by atoms with Crippen LogP contribution in [-0.4, -0.2) is 29.9 Å². The van der Waals surface area contributed by atoms with Gasteiger partial charge < -0.3 is 10.2 Å². The first-order valence-electron chi connectivity index (χ1n) is 6.89. The zero-order chi connectivity index (χ0) is 12.8. The number of likely N-dealkylation sites (tertiary alicyclic amines) is 1. The first kappa shape index (κ1) is 12.9. The molecule has 1 aliphatic rings. The van der Waals surface area contributed by atoms with Gasteiger partial charge in [0.05, 0.1) is 0 Å². The Kier molecular flexibility index (Phi) is 4.62. The Hall–Kier alpha value is -1.51. The third kappa shape index (κ3) is 3.49. The van der Waals surface area contributed by atoms with Crippen LogP contribution in [0, 0.1) is 0 Å². The molecule has 1 amide bonds. The van der Waals surface area contributed by atoms with E-state index in [1.807, 2.05) is 23.1 Å². The third-order valence-corrected chi connectivity index (χ3v) is 3.38. The van der Waals surface area contributed by atoms with Crippen molar-refractivity contribution in [3.63, 3.8) is 0 Å². The fraction of sp³-hybridized carbons (Fsp3) is 0.533. The summed E-state index contributed by atoms with van der Waals surface area (Å²) in [5.41, 5.74) is 1.15. The Balaban J connectivity index is 1.89. The Morgan fingerprint density at radius 2 is 2.17 bits per heavy atom. The van der Waals surface area contributed by atoms with E-state index < -0.39 is 0 Å². The summed E-state index contributed by atoms with van der Waals surface area (Å²) in [5.74, 6) is 0.303. The average molecular weight is 246 g/mol. The highest BCUT2D eigenvalue weighted by molar-refractivity contribution is 5.76. The van der Waals surface area contributed by atoms with Crippen molar-refractivity contribution in [2.24, 2.45) is 0 Å². The standard InChI is InChI=1S/C15H22N2O/c1-2-7-15(18)17-11-6-10-14(12-17)16-13-8-4-3-5-9-13/h3-5,8-9,14,16H,2,6-7,10-12H2,1H3/t14-/m0/s1. The van der Waals surface area contributed by atoms with Gasteiger partial charge in [-0.05, 0) is 31.4 Å². The summed E-state index contributed by atoms with van der Waals surface area (Å²) in [6, 6.07) is 10.6. The number of nitrogens with zero attached hydrogens (tertiary/aromatic N) is 1. The van der Waals surface area contributed by atoms with Gasteiger partial charge in [-0.2, -0.15) is 0 Å². The van der Waals surface area contributed by atoms with Crippen LogP contribution in [0.25, 0.3) is 0 Å². The molecule has 0 bridgehead atoms. The summed E-state index contributed by atoms with van der Waals surface area (Å²) in [5, 5.41) is 3.51.